The number of pyridine rings is 1. The van der Waals surface area contributed by atoms with Gasteiger partial charge in [-0.1, -0.05) is 0 Å². The third-order valence-corrected chi connectivity index (χ3v) is 3.09. The lowest BCUT2D eigenvalue weighted by Gasteiger charge is -2.04. The normalized spacial score (nSPS) is 10.5. The summed E-state index contributed by atoms with van der Waals surface area (Å²) in [4.78, 5) is 25.9. The van der Waals surface area contributed by atoms with Crippen molar-refractivity contribution in [3.05, 3.63) is 45.6 Å². The van der Waals surface area contributed by atoms with E-state index in [0.717, 1.165) is 17.0 Å². The number of hydrogen-bond donors (Lipinski definition) is 2. The van der Waals surface area contributed by atoms with Crippen LogP contribution in [-0.2, 0) is 18.3 Å². The number of anilines is 1. The van der Waals surface area contributed by atoms with Crippen LogP contribution in [0.25, 0.3) is 0 Å². The Morgan fingerprint density at radius 2 is 2.21 bits per heavy atom. The van der Waals surface area contributed by atoms with Crippen LogP contribution in [0.1, 0.15) is 17.0 Å². The van der Waals surface area contributed by atoms with Crippen LogP contribution >= 0.6 is 0 Å². The summed E-state index contributed by atoms with van der Waals surface area (Å²) in [7, 11) is 1.84. The number of amides is 1. The first-order valence-corrected chi connectivity index (χ1v) is 5.95. The van der Waals surface area contributed by atoms with E-state index < -0.39 is 0 Å². The lowest BCUT2D eigenvalue weighted by atomic mass is 10.1. The molecule has 0 aliphatic carbocycles. The maximum Gasteiger partial charge on any atom is 0.271 e. The fourth-order valence-electron chi connectivity index (χ4n) is 1.95. The Balaban J connectivity index is 2.14. The zero-order chi connectivity index (χ0) is 14.0. The minimum Gasteiger partial charge on any atom is -0.327 e. The Kier molecular flexibility index (Phi) is 3.50. The van der Waals surface area contributed by atoms with E-state index >= 15 is 0 Å². The first-order valence-electron chi connectivity index (χ1n) is 5.95. The van der Waals surface area contributed by atoms with Gasteiger partial charge in [0.1, 0.15) is 5.69 Å². The van der Waals surface area contributed by atoms with Crippen LogP contribution in [0, 0.1) is 13.8 Å². The van der Waals surface area contributed by atoms with Gasteiger partial charge in [-0.05, 0) is 26.0 Å². The molecule has 0 spiro atoms. The molecule has 2 aromatic rings. The maximum absolute atomic E-state index is 11.9. The fraction of sp³-hybridized carbons (Fsp3) is 0.308. The second-order valence-electron chi connectivity index (χ2n) is 4.41. The van der Waals surface area contributed by atoms with Gasteiger partial charge in [0, 0.05) is 24.5 Å². The molecule has 100 valence electrons. The van der Waals surface area contributed by atoms with Crippen molar-refractivity contribution in [2.24, 2.45) is 7.05 Å². The molecule has 6 heteroatoms. The highest BCUT2D eigenvalue weighted by molar-refractivity contribution is 5.92. The highest BCUT2D eigenvalue weighted by Crippen LogP contribution is 2.13. The molecular weight excluding hydrogens is 244 g/mol. The molecule has 2 heterocycles. The molecule has 0 radical (unpaired) electrons. The summed E-state index contributed by atoms with van der Waals surface area (Å²) in [5, 5.41) is 6.86. The van der Waals surface area contributed by atoms with Gasteiger partial charge < -0.3 is 10.3 Å². The van der Waals surface area contributed by atoms with Gasteiger partial charge >= 0.3 is 0 Å². The number of aryl methyl sites for hydroxylation is 2. The monoisotopic (exact) mass is 260 g/mol. The van der Waals surface area contributed by atoms with Gasteiger partial charge in [0.25, 0.3) is 5.56 Å². The van der Waals surface area contributed by atoms with Gasteiger partial charge in [-0.15, -0.1) is 0 Å². The summed E-state index contributed by atoms with van der Waals surface area (Å²) < 4.78 is 1.74. The smallest absolute Gasteiger partial charge is 0.271 e. The number of rotatable bonds is 3. The minimum atomic E-state index is -0.310. The Morgan fingerprint density at radius 3 is 2.79 bits per heavy atom. The summed E-state index contributed by atoms with van der Waals surface area (Å²) in [5.41, 5.74) is 2.63. The predicted molar refractivity (Wildman–Crippen MR) is 72.1 cm³/mol. The molecule has 1 amide bonds. The van der Waals surface area contributed by atoms with E-state index in [-0.39, 0.29) is 23.6 Å². The van der Waals surface area contributed by atoms with E-state index in [2.05, 4.69) is 15.4 Å². The zero-order valence-electron chi connectivity index (χ0n) is 11.2. The highest BCUT2D eigenvalue weighted by Gasteiger charge is 2.14. The van der Waals surface area contributed by atoms with Gasteiger partial charge in [-0.3, -0.25) is 14.3 Å². The first-order chi connectivity index (χ1) is 8.99. The molecular formula is C13H16N4O2. The molecule has 2 N–H and O–H groups in total. The van der Waals surface area contributed by atoms with Crippen LogP contribution in [-0.4, -0.2) is 20.7 Å². The van der Waals surface area contributed by atoms with Gasteiger partial charge in [0.15, 0.2) is 0 Å². The molecule has 0 aliphatic heterocycles. The van der Waals surface area contributed by atoms with E-state index in [0.29, 0.717) is 0 Å². The van der Waals surface area contributed by atoms with Crippen molar-refractivity contribution in [3.63, 3.8) is 0 Å². The number of hydrogen-bond acceptors (Lipinski definition) is 3. The molecule has 0 aliphatic rings. The SMILES string of the molecule is Cc1nn(C)c(C)c1CC(=O)Nc1ccc[nH]c1=O. The Hall–Kier alpha value is -2.37. The summed E-state index contributed by atoms with van der Waals surface area (Å²) in [6.07, 6.45) is 1.73. The Morgan fingerprint density at radius 1 is 1.47 bits per heavy atom. The van der Waals surface area contributed by atoms with Crippen LogP contribution in [0.4, 0.5) is 5.69 Å². The molecule has 2 aromatic heterocycles. The second kappa shape index (κ2) is 5.09. The van der Waals surface area contributed by atoms with E-state index in [1.807, 2.05) is 20.9 Å². The number of carbonyl (C=O) groups excluding carboxylic acids is 1. The second-order valence-corrected chi connectivity index (χ2v) is 4.41. The van der Waals surface area contributed by atoms with Crippen LogP contribution in [0.2, 0.25) is 0 Å². The molecule has 19 heavy (non-hydrogen) atoms. The van der Waals surface area contributed by atoms with Crippen LogP contribution in [0.5, 0.6) is 0 Å². The largest absolute Gasteiger partial charge is 0.327 e. The lowest BCUT2D eigenvalue weighted by Crippen LogP contribution is -2.21. The maximum atomic E-state index is 11.9. The third-order valence-electron chi connectivity index (χ3n) is 3.09. The molecule has 0 saturated carbocycles. The van der Waals surface area contributed by atoms with Crippen LogP contribution in [0.15, 0.2) is 23.1 Å². The highest BCUT2D eigenvalue weighted by atomic mass is 16.2. The van der Waals surface area contributed by atoms with Crippen LogP contribution in [0.3, 0.4) is 0 Å². The van der Waals surface area contributed by atoms with Crippen LogP contribution < -0.4 is 10.9 Å². The quantitative estimate of drug-likeness (QED) is 0.860. The number of nitrogens with one attached hydrogen (secondary N) is 2. The summed E-state index contributed by atoms with van der Waals surface area (Å²) >= 11 is 0. The molecule has 0 saturated heterocycles. The average Bonchev–Trinajstić information content (AvgIpc) is 2.59. The van der Waals surface area contributed by atoms with E-state index in [4.69, 9.17) is 0 Å². The summed E-state index contributed by atoms with van der Waals surface area (Å²) in [6, 6.07) is 3.23. The topological polar surface area (TPSA) is 79.8 Å². The van der Waals surface area contributed by atoms with Crippen molar-refractivity contribution < 1.29 is 4.79 Å². The van der Waals surface area contributed by atoms with E-state index in [9.17, 15) is 9.59 Å². The number of aromatic amines is 1. The standard InChI is InChI=1S/C13H16N4O2/c1-8-10(9(2)17(3)16-8)7-12(18)15-11-5-4-6-14-13(11)19/h4-6H,7H2,1-3H3,(H,14,19)(H,15,18). The van der Waals surface area contributed by atoms with Crippen molar-refractivity contribution >= 4 is 11.6 Å². The number of carbonyl (C=O) groups is 1. The third kappa shape index (κ3) is 2.73. The number of aromatic nitrogens is 3. The fourth-order valence-corrected chi connectivity index (χ4v) is 1.95. The first kappa shape index (κ1) is 13.1. The van der Waals surface area contributed by atoms with Gasteiger partial charge in [0.05, 0.1) is 12.1 Å². The minimum absolute atomic E-state index is 0.208. The Labute approximate surface area is 110 Å². The number of nitrogens with zero attached hydrogens (tertiary/aromatic N) is 2. The average molecular weight is 260 g/mol. The number of H-pyrrole nitrogens is 1. The molecule has 0 unspecified atom stereocenters. The van der Waals surface area contributed by atoms with E-state index in [1.54, 1.807) is 16.8 Å². The van der Waals surface area contributed by atoms with Gasteiger partial charge in [-0.2, -0.15) is 5.10 Å². The molecule has 2 rings (SSSR count). The summed E-state index contributed by atoms with van der Waals surface area (Å²) in [5.74, 6) is -0.226. The van der Waals surface area contributed by atoms with Crippen molar-refractivity contribution in [1.82, 2.24) is 14.8 Å². The van der Waals surface area contributed by atoms with Crippen molar-refractivity contribution in [2.75, 3.05) is 5.32 Å². The van der Waals surface area contributed by atoms with Crippen molar-refractivity contribution in [1.29, 1.82) is 0 Å². The van der Waals surface area contributed by atoms with Gasteiger partial charge in [-0.25, -0.2) is 0 Å². The van der Waals surface area contributed by atoms with Crippen molar-refractivity contribution in [2.45, 2.75) is 20.3 Å². The zero-order valence-corrected chi connectivity index (χ0v) is 11.2. The molecule has 0 bridgehead atoms. The molecule has 0 fully saturated rings. The van der Waals surface area contributed by atoms with Gasteiger partial charge in [0.2, 0.25) is 5.91 Å². The molecule has 6 nitrogen and oxygen atoms in total. The van der Waals surface area contributed by atoms with Crippen molar-refractivity contribution in [3.8, 4) is 0 Å². The van der Waals surface area contributed by atoms with E-state index in [1.165, 1.54) is 6.20 Å². The molecule has 0 aromatic carbocycles. The molecule has 0 atom stereocenters. The Bertz CT molecular complexity index is 670. The predicted octanol–water partition coefficient (Wildman–Crippen LogP) is 0.906. The lowest BCUT2D eigenvalue weighted by molar-refractivity contribution is -0.115. The summed E-state index contributed by atoms with van der Waals surface area (Å²) in [6.45, 7) is 3.78.